The number of halogens is 1. The molecule has 2 heterocycles. The van der Waals surface area contributed by atoms with E-state index in [9.17, 15) is 14.4 Å². The number of β-lactam (4-membered cyclic amide) rings is 1. The third kappa shape index (κ3) is 3.68. The van der Waals surface area contributed by atoms with Crippen molar-refractivity contribution in [2.24, 2.45) is 0 Å². The van der Waals surface area contributed by atoms with E-state index in [1.54, 1.807) is 0 Å². The molecule has 32 heavy (non-hydrogen) atoms. The summed E-state index contributed by atoms with van der Waals surface area (Å²) in [7, 11) is 1.34. The van der Waals surface area contributed by atoms with Crippen LogP contribution in [-0.2, 0) is 23.9 Å². The molecule has 0 spiro atoms. The van der Waals surface area contributed by atoms with Crippen molar-refractivity contribution in [1.82, 2.24) is 10.2 Å². The van der Waals surface area contributed by atoms with Crippen molar-refractivity contribution in [3.05, 3.63) is 83.1 Å². The average molecular weight is 473 g/mol. The minimum absolute atomic E-state index is 0.0658. The molecule has 0 aromatic heterocycles. The molecule has 2 aromatic rings. The van der Waals surface area contributed by atoms with Gasteiger partial charge >= 0.3 is 5.97 Å². The van der Waals surface area contributed by atoms with E-state index >= 15 is 0 Å². The molecule has 0 radical (unpaired) electrons. The van der Waals surface area contributed by atoms with Crippen molar-refractivity contribution < 1.29 is 23.9 Å². The summed E-state index contributed by atoms with van der Waals surface area (Å²) in [5, 5.41) is 1.85. The molecule has 0 saturated carbocycles. The summed E-state index contributed by atoms with van der Waals surface area (Å²) < 4.78 is 11.3. The molecular formula is C23H21ClN2O5S. The van der Waals surface area contributed by atoms with Gasteiger partial charge in [0.25, 0.3) is 11.6 Å². The number of hydrogen-bond donors (Lipinski definition) is 1. The van der Waals surface area contributed by atoms with E-state index in [1.807, 2.05) is 60.7 Å². The van der Waals surface area contributed by atoms with Crippen molar-refractivity contribution in [2.75, 3.05) is 18.7 Å². The fraction of sp³-hybridized carbons (Fsp3) is 0.261. The monoisotopic (exact) mass is 472 g/mol. The number of nitrogens with zero attached hydrogens (tertiary/aromatic N) is 1. The van der Waals surface area contributed by atoms with Gasteiger partial charge in [-0.05, 0) is 16.7 Å². The van der Waals surface area contributed by atoms with Crippen molar-refractivity contribution >= 4 is 41.6 Å². The highest BCUT2D eigenvalue weighted by atomic mass is 35.5. The molecule has 4 rings (SSSR count). The Hall–Kier alpha value is -2.81. The number of esters is 1. The van der Waals surface area contributed by atoms with Crippen LogP contribution in [0, 0.1) is 0 Å². The third-order valence-corrected chi connectivity index (χ3v) is 7.19. The Morgan fingerprint density at radius 3 is 2.31 bits per heavy atom. The lowest BCUT2D eigenvalue weighted by molar-refractivity contribution is -0.191. The highest BCUT2D eigenvalue weighted by molar-refractivity contribution is 8.00. The highest BCUT2D eigenvalue weighted by Gasteiger charge is 2.66. The van der Waals surface area contributed by atoms with Gasteiger partial charge in [0.05, 0.1) is 0 Å². The van der Waals surface area contributed by atoms with Crippen LogP contribution in [0.4, 0.5) is 0 Å². The third-order valence-electron chi connectivity index (χ3n) is 5.49. The second-order valence-corrected chi connectivity index (χ2v) is 8.57. The van der Waals surface area contributed by atoms with Crippen LogP contribution in [0.25, 0.3) is 0 Å². The predicted molar refractivity (Wildman–Crippen MR) is 121 cm³/mol. The number of methoxy groups -OCH3 is 1. The summed E-state index contributed by atoms with van der Waals surface area (Å²) in [6.07, 6.45) is -0.252. The van der Waals surface area contributed by atoms with Crippen molar-refractivity contribution in [1.29, 1.82) is 0 Å². The second kappa shape index (κ2) is 9.36. The summed E-state index contributed by atoms with van der Waals surface area (Å²) in [5.41, 5.74) is 0.762. The first-order valence-corrected chi connectivity index (χ1v) is 11.5. The van der Waals surface area contributed by atoms with E-state index in [2.05, 4.69) is 5.32 Å². The van der Waals surface area contributed by atoms with Crippen molar-refractivity contribution in [3.8, 4) is 0 Å². The fourth-order valence-electron chi connectivity index (χ4n) is 3.89. The normalized spacial score (nSPS) is 22.3. The molecule has 2 atom stereocenters. The number of carbonyl (C=O) groups is 3. The predicted octanol–water partition coefficient (Wildman–Crippen LogP) is 2.82. The quantitative estimate of drug-likeness (QED) is 0.209. The van der Waals surface area contributed by atoms with Gasteiger partial charge in [-0.3, -0.25) is 14.5 Å². The topological polar surface area (TPSA) is 84.9 Å². The number of alkyl halides is 1. The Bertz CT molecular complexity index is 1010. The Kier molecular flexibility index (Phi) is 6.55. The Labute approximate surface area is 194 Å². The van der Waals surface area contributed by atoms with E-state index in [1.165, 1.54) is 23.8 Å². The lowest BCUT2D eigenvalue weighted by atomic mass is 9.98. The molecule has 1 fully saturated rings. The molecule has 0 bridgehead atoms. The first-order valence-electron chi connectivity index (χ1n) is 9.88. The van der Waals surface area contributed by atoms with Gasteiger partial charge in [0.1, 0.15) is 11.1 Å². The zero-order valence-corrected chi connectivity index (χ0v) is 18.8. The molecule has 2 aliphatic heterocycles. The lowest BCUT2D eigenvalue weighted by Gasteiger charge is -2.55. The van der Waals surface area contributed by atoms with Gasteiger partial charge in [-0.1, -0.05) is 60.7 Å². The van der Waals surface area contributed by atoms with Crippen molar-refractivity contribution in [2.45, 2.75) is 17.2 Å². The minimum atomic E-state index is -1.52. The van der Waals surface area contributed by atoms with Crippen LogP contribution in [0.3, 0.4) is 0 Å². The number of thioether (sulfide) groups is 1. The lowest BCUT2D eigenvalue weighted by Crippen LogP contribution is -2.79. The summed E-state index contributed by atoms with van der Waals surface area (Å²) in [6, 6.07) is 18.7. The van der Waals surface area contributed by atoms with Crippen LogP contribution in [0.15, 0.2) is 71.9 Å². The van der Waals surface area contributed by atoms with E-state index in [4.69, 9.17) is 21.1 Å². The number of amides is 2. The van der Waals surface area contributed by atoms with Crippen LogP contribution in [0.5, 0.6) is 0 Å². The molecule has 2 amide bonds. The van der Waals surface area contributed by atoms with E-state index in [0.717, 1.165) is 11.1 Å². The first-order chi connectivity index (χ1) is 15.6. The first kappa shape index (κ1) is 22.4. The van der Waals surface area contributed by atoms with Gasteiger partial charge < -0.3 is 14.8 Å². The number of ether oxygens (including phenoxy) is 2. The van der Waals surface area contributed by atoms with Gasteiger partial charge in [0, 0.05) is 18.7 Å². The number of carbonyl (C=O) groups excluding carboxylic acids is 3. The molecule has 9 heteroatoms. The number of rotatable bonds is 8. The molecule has 0 aliphatic carbocycles. The van der Waals surface area contributed by atoms with Gasteiger partial charge in [0.2, 0.25) is 6.41 Å². The Morgan fingerprint density at radius 1 is 1.22 bits per heavy atom. The number of nitrogens with one attached hydrogen (secondary N) is 1. The maximum Gasteiger partial charge on any atom is 0.356 e. The summed E-state index contributed by atoms with van der Waals surface area (Å²) in [5.74, 6) is -0.742. The minimum Gasteiger partial charge on any atom is -0.448 e. The van der Waals surface area contributed by atoms with Gasteiger partial charge in [0.15, 0.2) is 6.10 Å². The molecule has 1 saturated heterocycles. The fourth-order valence-corrected chi connectivity index (χ4v) is 5.68. The summed E-state index contributed by atoms with van der Waals surface area (Å²) >= 11 is 7.48. The largest absolute Gasteiger partial charge is 0.448 e. The molecule has 2 aliphatic rings. The van der Waals surface area contributed by atoms with Crippen LogP contribution in [-0.4, -0.2) is 53.0 Å². The van der Waals surface area contributed by atoms with Gasteiger partial charge in [-0.15, -0.1) is 23.4 Å². The van der Waals surface area contributed by atoms with Crippen molar-refractivity contribution in [3.63, 3.8) is 0 Å². The molecule has 2 aromatic carbocycles. The molecule has 1 N–H and O–H groups in total. The average Bonchev–Trinajstić information content (AvgIpc) is 2.85. The summed E-state index contributed by atoms with van der Waals surface area (Å²) in [4.78, 5) is 38.9. The maximum absolute atomic E-state index is 13.4. The molecule has 7 nitrogen and oxygen atoms in total. The van der Waals surface area contributed by atoms with Crippen LogP contribution in [0.1, 0.15) is 17.2 Å². The zero-order valence-electron chi connectivity index (χ0n) is 17.2. The van der Waals surface area contributed by atoms with Crippen LogP contribution in [0.2, 0.25) is 0 Å². The maximum atomic E-state index is 13.4. The number of hydrogen-bond acceptors (Lipinski definition) is 6. The Morgan fingerprint density at radius 2 is 1.81 bits per heavy atom. The smallest absolute Gasteiger partial charge is 0.356 e. The number of fused-ring (bicyclic) bond motifs is 1. The van der Waals surface area contributed by atoms with E-state index < -0.39 is 29.1 Å². The van der Waals surface area contributed by atoms with Crippen LogP contribution >= 0.6 is 23.4 Å². The molecule has 166 valence electrons. The SMILES string of the molecule is COC1(NC=O)C(=O)N2C(C(=O)OC(c3ccccc3)c3ccccc3)=C(CCl)CS[C@H]21. The highest BCUT2D eigenvalue weighted by Crippen LogP contribution is 2.47. The Balaban J connectivity index is 1.68. The number of benzene rings is 2. The second-order valence-electron chi connectivity index (χ2n) is 7.23. The van der Waals surface area contributed by atoms with Crippen LogP contribution < -0.4 is 5.32 Å². The van der Waals surface area contributed by atoms with E-state index in [-0.39, 0.29) is 11.6 Å². The van der Waals surface area contributed by atoms with Gasteiger partial charge in [-0.25, -0.2) is 4.79 Å². The summed E-state index contributed by atoms with van der Waals surface area (Å²) in [6.45, 7) is 0. The zero-order chi connectivity index (χ0) is 22.7. The van der Waals surface area contributed by atoms with E-state index in [0.29, 0.717) is 17.7 Å². The molecule has 1 unspecified atom stereocenters. The van der Waals surface area contributed by atoms with Gasteiger partial charge in [-0.2, -0.15) is 0 Å². The standard InChI is InChI=1S/C23H21ClN2O5S/c1-30-23(25-14-27)21(29)26-18(17(12-24)13-32-22(23)26)20(28)31-19(15-8-4-2-5-9-15)16-10-6-3-7-11-16/h2-11,14,19,22H,12-13H2,1H3,(H,25,27)/t22-,23?/m0/s1. The molecular weight excluding hydrogens is 452 g/mol.